The number of nitrogens with zero attached hydrogens (tertiary/aromatic N) is 3. The Kier molecular flexibility index (Phi) is 3.83. The second kappa shape index (κ2) is 5.98. The minimum atomic E-state index is 0.550. The normalized spacial score (nSPS) is 17.0. The number of halogens is 1. The second-order valence-electron chi connectivity index (χ2n) is 5.95. The number of aromatic nitrogens is 2. The molecule has 0 saturated carbocycles. The molecule has 0 amide bonds. The van der Waals surface area contributed by atoms with Gasteiger partial charge in [0, 0.05) is 43.5 Å². The van der Waals surface area contributed by atoms with E-state index in [0.29, 0.717) is 24.0 Å². The number of hydrogen-bond donors (Lipinski definition) is 0. The monoisotopic (exact) mass is 331 g/mol. The van der Waals surface area contributed by atoms with Crippen LogP contribution in [0.4, 0.5) is 0 Å². The topological polar surface area (TPSA) is 47.5 Å². The standard InChI is InChI=1S/C17H18ClN3O2/c1-11-19-8-13-10-21(3-2-15(13)20-11)9-12-6-14(18)17-16(7-12)22-4-5-23-17/h6-8H,2-5,9-10H2,1H3. The Morgan fingerprint density at radius 3 is 3.04 bits per heavy atom. The average molecular weight is 332 g/mol. The lowest BCUT2D eigenvalue weighted by Crippen LogP contribution is -2.31. The summed E-state index contributed by atoms with van der Waals surface area (Å²) in [6, 6.07) is 4.00. The average Bonchev–Trinajstić information content (AvgIpc) is 2.55. The van der Waals surface area contributed by atoms with E-state index < -0.39 is 0 Å². The molecule has 0 spiro atoms. The van der Waals surface area contributed by atoms with Gasteiger partial charge in [0.05, 0.1) is 5.02 Å². The number of ether oxygens (including phenoxy) is 2. The Bertz CT molecular complexity index is 751. The van der Waals surface area contributed by atoms with E-state index in [1.807, 2.05) is 25.3 Å². The molecular weight excluding hydrogens is 314 g/mol. The molecule has 5 nitrogen and oxygen atoms in total. The minimum Gasteiger partial charge on any atom is -0.486 e. The Labute approximate surface area is 140 Å². The van der Waals surface area contributed by atoms with Gasteiger partial charge in [0.2, 0.25) is 0 Å². The largest absolute Gasteiger partial charge is 0.486 e. The maximum absolute atomic E-state index is 6.32. The smallest absolute Gasteiger partial charge is 0.179 e. The summed E-state index contributed by atoms with van der Waals surface area (Å²) < 4.78 is 11.2. The molecular formula is C17H18ClN3O2. The van der Waals surface area contributed by atoms with Gasteiger partial charge in [0.15, 0.2) is 11.5 Å². The highest BCUT2D eigenvalue weighted by molar-refractivity contribution is 6.32. The molecule has 2 aliphatic heterocycles. The lowest BCUT2D eigenvalue weighted by atomic mass is 10.1. The third-order valence-electron chi connectivity index (χ3n) is 4.20. The van der Waals surface area contributed by atoms with Gasteiger partial charge in [0.1, 0.15) is 19.0 Å². The van der Waals surface area contributed by atoms with Gasteiger partial charge in [-0.15, -0.1) is 0 Å². The van der Waals surface area contributed by atoms with E-state index in [9.17, 15) is 0 Å². The lowest BCUT2D eigenvalue weighted by Gasteiger charge is -2.28. The van der Waals surface area contributed by atoms with Gasteiger partial charge in [-0.1, -0.05) is 11.6 Å². The third kappa shape index (κ3) is 2.99. The zero-order chi connectivity index (χ0) is 15.8. The van der Waals surface area contributed by atoms with Crippen molar-refractivity contribution in [3.63, 3.8) is 0 Å². The van der Waals surface area contributed by atoms with E-state index >= 15 is 0 Å². The van der Waals surface area contributed by atoms with Crippen LogP contribution in [0.25, 0.3) is 0 Å². The van der Waals surface area contributed by atoms with Gasteiger partial charge in [-0.25, -0.2) is 9.97 Å². The van der Waals surface area contributed by atoms with Gasteiger partial charge in [-0.05, 0) is 24.6 Å². The summed E-state index contributed by atoms with van der Waals surface area (Å²) in [5, 5.41) is 0.619. The van der Waals surface area contributed by atoms with Crippen LogP contribution in [0.15, 0.2) is 18.3 Å². The lowest BCUT2D eigenvalue weighted by molar-refractivity contribution is 0.171. The Morgan fingerprint density at radius 2 is 2.13 bits per heavy atom. The van der Waals surface area contributed by atoms with Crippen LogP contribution < -0.4 is 9.47 Å². The number of fused-ring (bicyclic) bond motifs is 2. The van der Waals surface area contributed by atoms with Crippen LogP contribution in [0.5, 0.6) is 11.5 Å². The summed E-state index contributed by atoms with van der Waals surface area (Å²) >= 11 is 6.32. The molecule has 0 unspecified atom stereocenters. The van der Waals surface area contributed by atoms with Gasteiger partial charge < -0.3 is 9.47 Å². The van der Waals surface area contributed by atoms with Crippen molar-refractivity contribution in [2.75, 3.05) is 19.8 Å². The Morgan fingerprint density at radius 1 is 1.26 bits per heavy atom. The summed E-state index contributed by atoms with van der Waals surface area (Å²) in [6.45, 7) is 5.72. The molecule has 1 aromatic heterocycles. The molecule has 4 rings (SSSR count). The summed E-state index contributed by atoms with van der Waals surface area (Å²) in [6.07, 6.45) is 2.90. The quantitative estimate of drug-likeness (QED) is 0.847. The number of hydrogen-bond acceptors (Lipinski definition) is 5. The third-order valence-corrected chi connectivity index (χ3v) is 4.48. The molecule has 120 valence electrons. The summed E-state index contributed by atoms with van der Waals surface area (Å²) in [5.74, 6) is 2.25. The van der Waals surface area contributed by atoms with Crippen LogP contribution in [-0.4, -0.2) is 34.6 Å². The first-order valence-electron chi connectivity index (χ1n) is 7.81. The van der Waals surface area contributed by atoms with Crippen molar-refractivity contribution < 1.29 is 9.47 Å². The molecule has 2 aromatic rings. The molecule has 0 fully saturated rings. The summed E-state index contributed by atoms with van der Waals surface area (Å²) in [7, 11) is 0. The van der Waals surface area contributed by atoms with Gasteiger partial charge in [-0.2, -0.15) is 0 Å². The fraction of sp³-hybridized carbons (Fsp3) is 0.412. The van der Waals surface area contributed by atoms with Crippen molar-refractivity contribution in [2.45, 2.75) is 26.4 Å². The maximum atomic E-state index is 6.32. The van der Waals surface area contributed by atoms with E-state index in [4.69, 9.17) is 21.1 Å². The SMILES string of the molecule is Cc1ncc2c(n1)CCN(Cc1cc(Cl)c3c(c1)OCCO3)C2. The molecule has 1 aromatic carbocycles. The minimum absolute atomic E-state index is 0.550. The fourth-order valence-electron chi connectivity index (χ4n) is 3.12. The van der Waals surface area contributed by atoms with Crippen molar-refractivity contribution in [1.82, 2.24) is 14.9 Å². The van der Waals surface area contributed by atoms with Crippen LogP contribution >= 0.6 is 11.6 Å². The van der Waals surface area contributed by atoms with E-state index in [1.165, 1.54) is 11.3 Å². The molecule has 3 heterocycles. The number of aryl methyl sites for hydroxylation is 1. The Hall–Kier alpha value is -1.85. The predicted octanol–water partition coefficient (Wildman–Crippen LogP) is 2.77. The molecule has 0 bridgehead atoms. The molecule has 23 heavy (non-hydrogen) atoms. The van der Waals surface area contributed by atoms with Gasteiger partial charge >= 0.3 is 0 Å². The van der Waals surface area contributed by atoms with Crippen LogP contribution in [0.3, 0.4) is 0 Å². The Balaban J connectivity index is 1.53. The molecule has 0 N–H and O–H groups in total. The van der Waals surface area contributed by atoms with Crippen molar-refractivity contribution >= 4 is 11.6 Å². The molecule has 2 aliphatic rings. The second-order valence-corrected chi connectivity index (χ2v) is 6.36. The van der Waals surface area contributed by atoms with E-state index in [-0.39, 0.29) is 0 Å². The zero-order valence-corrected chi connectivity index (χ0v) is 13.8. The maximum Gasteiger partial charge on any atom is 0.179 e. The van der Waals surface area contributed by atoms with Crippen LogP contribution in [0, 0.1) is 6.92 Å². The zero-order valence-electron chi connectivity index (χ0n) is 13.0. The number of benzene rings is 1. The molecule has 6 heteroatoms. The predicted molar refractivity (Wildman–Crippen MR) is 87.0 cm³/mol. The van der Waals surface area contributed by atoms with Crippen molar-refractivity contribution in [2.24, 2.45) is 0 Å². The van der Waals surface area contributed by atoms with Crippen molar-refractivity contribution in [1.29, 1.82) is 0 Å². The van der Waals surface area contributed by atoms with Crippen molar-refractivity contribution in [3.8, 4) is 11.5 Å². The van der Waals surface area contributed by atoms with E-state index in [1.54, 1.807) is 0 Å². The van der Waals surface area contributed by atoms with E-state index in [2.05, 4.69) is 14.9 Å². The summed E-state index contributed by atoms with van der Waals surface area (Å²) in [4.78, 5) is 11.2. The first kappa shape index (κ1) is 14.7. The highest BCUT2D eigenvalue weighted by Gasteiger charge is 2.21. The molecule has 0 aliphatic carbocycles. The number of rotatable bonds is 2. The molecule has 0 radical (unpaired) electrons. The van der Waals surface area contributed by atoms with Gasteiger partial charge in [0.25, 0.3) is 0 Å². The van der Waals surface area contributed by atoms with Crippen LogP contribution in [0.1, 0.15) is 22.6 Å². The highest BCUT2D eigenvalue weighted by atomic mass is 35.5. The van der Waals surface area contributed by atoms with E-state index in [0.717, 1.165) is 43.2 Å². The van der Waals surface area contributed by atoms with Crippen LogP contribution in [0.2, 0.25) is 5.02 Å². The first-order valence-corrected chi connectivity index (χ1v) is 8.18. The fourth-order valence-corrected chi connectivity index (χ4v) is 3.41. The summed E-state index contributed by atoms with van der Waals surface area (Å²) in [5.41, 5.74) is 3.52. The molecule has 0 saturated heterocycles. The van der Waals surface area contributed by atoms with Crippen LogP contribution in [-0.2, 0) is 19.5 Å². The highest BCUT2D eigenvalue weighted by Crippen LogP contribution is 2.38. The first-order chi connectivity index (χ1) is 11.2. The van der Waals surface area contributed by atoms with Crippen molar-refractivity contribution in [3.05, 3.63) is 46.0 Å². The molecule has 0 atom stereocenters. The van der Waals surface area contributed by atoms with Gasteiger partial charge in [-0.3, -0.25) is 4.90 Å².